The Morgan fingerprint density at radius 1 is 1.30 bits per heavy atom. The summed E-state index contributed by atoms with van der Waals surface area (Å²) in [6.45, 7) is 2.07. The van der Waals surface area contributed by atoms with E-state index in [2.05, 4.69) is 6.92 Å². The van der Waals surface area contributed by atoms with Crippen molar-refractivity contribution in [2.45, 2.75) is 51.3 Å². The smallest absolute Gasteiger partial charge is 0.343 e. The molecule has 1 aliphatic carbocycles. The van der Waals surface area contributed by atoms with Crippen LogP contribution in [0.5, 0.6) is 5.75 Å². The molecular weight excluding hydrogens is 341 g/mol. The summed E-state index contributed by atoms with van der Waals surface area (Å²) >= 11 is 0. The van der Waals surface area contributed by atoms with E-state index >= 15 is 0 Å². The van der Waals surface area contributed by atoms with E-state index in [1.807, 2.05) is 0 Å². The molecule has 1 aliphatic rings. The van der Waals surface area contributed by atoms with Crippen LogP contribution in [0.3, 0.4) is 0 Å². The Hall–Kier alpha value is -2.67. The third kappa shape index (κ3) is 4.74. The Morgan fingerprint density at radius 2 is 2.07 bits per heavy atom. The standard InChI is InChI=1S/C23H24FNO2/c1-2-3-16-4-6-17(7-5-16)18-8-10-19(11-9-18)23(26)27-21-13-12-20(15-25)22(24)14-21/h8-14,16-17H,2-7H2,1H3/i6D,7D2. The van der Waals surface area contributed by atoms with Gasteiger partial charge in [0.05, 0.1) is 11.1 Å². The van der Waals surface area contributed by atoms with Crippen LogP contribution in [0.15, 0.2) is 42.5 Å². The second kappa shape index (κ2) is 8.81. The number of rotatable bonds is 5. The largest absolute Gasteiger partial charge is 0.423 e. The van der Waals surface area contributed by atoms with Crippen LogP contribution in [0.4, 0.5) is 4.39 Å². The Morgan fingerprint density at radius 3 is 2.70 bits per heavy atom. The van der Waals surface area contributed by atoms with Crippen molar-refractivity contribution in [1.82, 2.24) is 0 Å². The Balaban J connectivity index is 1.73. The molecule has 1 fully saturated rings. The molecule has 3 atom stereocenters. The van der Waals surface area contributed by atoms with Crippen molar-refractivity contribution in [1.29, 1.82) is 5.26 Å². The Kier molecular flexibility index (Phi) is 5.03. The number of carbonyl (C=O) groups is 1. The maximum Gasteiger partial charge on any atom is 0.343 e. The lowest BCUT2D eigenvalue weighted by Gasteiger charge is -2.28. The highest BCUT2D eigenvalue weighted by atomic mass is 19.1. The van der Waals surface area contributed by atoms with E-state index in [0.29, 0.717) is 18.4 Å². The summed E-state index contributed by atoms with van der Waals surface area (Å²) in [6.07, 6.45) is 1.01. The van der Waals surface area contributed by atoms with E-state index < -0.39 is 30.5 Å². The summed E-state index contributed by atoms with van der Waals surface area (Å²) in [7, 11) is 0. The highest BCUT2D eigenvalue weighted by Gasteiger charge is 2.22. The van der Waals surface area contributed by atoms with Crippen LogP contribution >= 0.6 is 0 Å². The first-order chi connectivity index (χ1) is 14.2. The van der Waals surface area contributed by atoms with Crippen molar-refractivity contribution in [2.24, 2.45) is 5.92 Å². The van der Waals surface area contributed by atoms with Gasteiger partial charge in [0.1, 0.15) is 17.6 Å². The fraction of sp³-hybridized carbons (Fsp3) is 0.391. The van der Waals surface area contributed by atoms with Crippen molar-refractivity contribution in [3.8, 4) is 11.8 Å². The zero-order valence-electron chi connectivity index (χ0n) is 18.2. The molecule has 3 rings (SSSR count). The lowest BCUT2D eigenvalue weighted by Crippen LogP contribution is -2.13. The molecule has 0 aromatic heterocycles. The maximum absolute atomic E-state index is 13.7. The van der Waals surface area contributed by atoms with Gasteiger partial charge in [-0.2, -0.15) is 5.26 Å². The van der Waals surface area contributed by atoms with Crippen molar-refractivity contribution in [2.75, 3.05) is 0 Å². The molecule has 0 spiro atoms. The molecule has 0 heterocycles. The SMILES string of the molecule is [2H]C1CC(CCC)CC([2H])([2H])C1c1ccc(C(=O)Oc2ccc(C#N)c(F)c2)cc1. The molecule has 0 amide bonds. The van der Waals surface area contributed by atoms with E-state index in [-0.39, 0.29) is 22.8 Å². The highest BCUT2D eigenvalue weighted by Crippen LogP contribution is 2.37. The predicted molar refractivity (Wildman–Crippen MR) is 102 cm³/mol. The first-order valence-corrected chi connectivity index (χ1v) is 9.19. The van der Waals surface area contributed by atoms with Gasteiger partial charge in [-0.1, -0.05) is 31.9 Å². The average Bonchev–Trinajstić information content (AvgIpc) is 2.67. The van der Waals surface area contributed by atoms with E-state index in [0.717, 1.165) is 18.9 Å². The number of nitriles is 1. The molecule has 4 heteroatoms. The fourth-order valence-corrected chi connectivity index (χ4v) is 3.31. The number of nitrogens with zero attached hydrogens (tertiary/aromatic N) is 1. The number of hydrogen-bond acceptors (Lipinski definition) is 3. The van der Waals surface area contributed by atoms with Crippen LogP contribution in [0, 0.1) is 23.1 Å². The van der Waals surface area contributed by atoms with Gasteiger partial charge < -0.3 is 4.74 Å². The third-order valence-electron chi connectivity index (χ3n) is 4.81. The number of hydrogen-bond donors (Lipinski definition) is 0. The van der Waals surface area contributed by atoms with Crippen LogP contribution in [-0.2, 0) is 0 Å². The highest BCUT2D eigenvalue weighted by molar-refractivity contribution is 5.91. The van der Waals surface area contributed by atoms with Gasteiger partial charge in [0.2, 0.25) is 0 Å². The number of ether oxygens (including phenoxy) is 1. The van der Waals surface area contributed by atoms with Gasteiger partial charge in [-0.25, -0.2) is 9.18 Å². The normalized spacial score (nSPS) is 25.5. The molecule has 140 valence electrons. The third-order valence-corrected chi connectivity index (χ3v) is 4.81. The van der Waals surface area contributed by atoms with Gasteiger partial charge in [-0.15, -0.1) is 0 Å². The monoisotopic (exact) mass is 368 g/mol. The molecular formula is C23H24FNO2. The molecule has 0 aliphatic heterocycles. The summed E-state index contributed by atoms with van der Waals surface area (Å²) < 4.78 is 44.3. The minimum Gasteiger partial charge on any atom is -0.423 e. The summed E-state index contributed by atoms with van der Waals surface area (Å²) in [5, 5.41) is 8.76. The Bertz CT molecular complexity index is 956. The molecule has 1 saturated carbocycles. The van der Waals surface area contributed by atoms with Crippen molar-refractivity contribution >= 4 is 5.97 Å². The van der Waals surface area contributed by atoms with Crippen LogP contribution in [0.1, 0.15) is 76.9 Å². The number of benzene rings is 2. The van der Waals surface area contributed by atoms with Gasteiger partial charge in [0.15, 0.2) is 0 Å². The zero-order valence-corrected chi connectivity index (χ0v) is 15.2. The van der Waals surface area contributed by atoms with Gasteiger partial charge in [0.25, 0.3) is 0 Å². The zero-order chi connectivity index (χ0) is 21.9. The molecule has 0 bridgehead atoms. The van der Waals surface area contributed by atoms with Gasteiger partial charge in [0, 0.05) is 10.2 Å². The van der Waals surface area contributed by atoms with E-state index in [9.17, 15) is 9.18 Å². The molecule has 2 aromatic carbocycles. The summed E-state index contributed by atoms with van der Waals surface area (Å²) in [5.41, 5.74) is 0.799. The topological polar surface area (TPSA) is 50.1 Å². The molecule has 3 unspecified atom stereocenters. The fourth-order valence-electron chi connectivity index (χ4n) is 3.31. The van der Waals surface area contributed by atoms with Gasteiger partial charge in [-0.3, -0.25) is 0 Å². The molecule has 0 N–H and O–H groups in total. The lowest BCUT2D eigenvalue weighted by molar-refractivity contribution is 0.0734. The van der Waals surface area contributed by atoms with E-state index in [1.54, 1.807) is 30.3 Å². The van der Waals surface area contributed by atoms with Crippen molar-refractivity contribution < 1.29 is 18.0 Å². The summed E-state index contributed by atoms with van der Waals surface area (Å²) in [4.78, 5) is 12.4. The van der Waals surface area contributed by atoms with Crippen LogP contribution in [-0.4, -0.2) is 5.97 Å². The second-order valence-corrected chi connectivity index (χ2v) is 6.78. The van der Waals surface area contributed by atoms with Crippen LogP contribution < -0.4 is 4.74 Å². The average molecular weight is 368 g/mol. The Labute approximate surface area is 164 Å². The molecule has 0 radical (unpaired) electrons. The maximum atomic E-state index is 13.7. The van der Waals surface area contributed by atoms with Crippen molar-refractivity contribution in [3.63, 3.8) is 0 Å². The number of esters is 1. The quantitative estimate of drug-likeness (QED) is 0.481. The van der Waals surface area contributed by atoms with Crippen molar-refractivity contribution in [3.05, 3.63) is 65.0 Å². The summed E-state index contributed by atoms with van der Waals surface area (Å²) in [6, 6.07) is 11.7. The predicted octanol–water partition coefficient (Wildman–Crippen LogP) is 5.99. The molecule has 3 nitrogen and oxygen atoms in total. The van der Waals surface area contributed by atoms with Crippen LogP contribution in [0.25, 0.3) is 0 Å². The molecule has 0 saturated heterocycles. The molecule has 27 heavy (non-hydrogen) atoms. The van der Waals surface area contributed by atoms with Gasteiger partial charge >= 0.3 is 5.97 Å². The van der Waals surface area contributed by atoms with E-state index in [1.165, 1.54) is 12.1 Å². The first kappa shape index (κ1) is 15.4. The summed E-state index contributed by atoms with van der Waals surface area (Å²) in [5.74, 6) is -1.77. The van der Waals surface area contributed by atoms with Gasteiger partial charge in [-0.05, 0) is 67.3 Å². The number of halogens is 1. The molecule has 2 aromatic rings. The first-order valence-electron chi connectivity index (χ1n) is 10.8. The minimum atomic E-state index is -1.48. The lowest BCUT2D eigenvalue weighted by atomic mass is 9.77. The van der Waals surface area contributed by atoms with Crippen LogP contribution in [0.2, 0.25) is 0 Å². The number of carbonyl (C=O) groups excluding carboxylic acids is 1. The van der Waals surface area contributed by atoms with E-state index in [4.69, 9.17) is 14.1 Å². The second-order valence-electron chi connectivity index (χ2n) is 6.78. The minimum absolute atomic E-state index is 0.00243.